The highest BCUT2D eigenvalue weighted by molar-refractivity contribution is 6.09. The monoisotopic (exact) mass is 326 g/mol. The third-order valence-corrected chi connectivity index (χ3v) is 5.54. The van der Waals surface area contributed by atoms with Crippen LogP contribution in [0.25, 0.3) is 10.9 Å². The Labute approximate surface area is 143 Å². The molecule has 0 N–H and O–H groups in total. The molecule has 2 aliphatic rings. The van der Waals surface area contributed by atoms with E-state index < -0.39 is 0 Å². The summed E-state index contributed by atoms with van der Waals surface area (Å²) in [7, 11) is 0. The Morgan fingerprint density at radius 2 is 1.83 bits per heavy atom. The summed E-state index contributed by atoms with van der Waals surface area (Å²) in [5.74, 6) is 0.595. The maximum atomic E-state index is 12.9. The molecule has 0 unspecified atom stereocenters. The first kappa shape index (κ1) is 15.9. The van der Waals surface area contributed by atoms with Crippen LogP contribution in [0.2, 0.25) is 0 Å². The van der Waals surface area contributed by atoms with E-state index in [1.165, 1.54) is 18.4 Å². The minimum absolute atomic E-state index is 0.239. The predicted octanol–water partition coefficient (Wildman–Crippen LogP) is 3.35. The van der Waals surface area contributed by atoms with Gasteiger partial charge >= 0.3 is 0 Å². The number of benzene rings is 1. The SMILES string of the molecule is O=C(c1cn(CCN2CCOCC2)c2ccccc12)C1CCCC1. The number of para-hydroxylation sites is 1. The van der Waals surface area contributed by atoms with Gasteiger partial charge in [-0.25, -0.2) is 0 Å². The molecule has 0 amide bonds. The molecule has 1 aromatic carbocycles. The van der Waals surface area contributed by atoms with Gasteiger partial charge in [-0.1, -0.05) is 31.0 Å². The maximum Gasteiger partial charge on any atom is 0.168 e. The molecule has 1 aliphatic heterocycles. The van der Waals surface area contributed by atoms with Gasteiger partial charge in [0.05, 0.1) is 13.2 Å². The second kappa shape index (κ2) is 7.08. The predicted molar refractivity (Wildman–Crippen MR) is 95.5 cm³/mol. The average molecular weight is 326 g/mol. The van der Waals surface area contributed by atoms with E-state index in [4.69, 9.17) is 4.74 Å². The number of carbonyl (C=O) groups is 1. The van der Waals surface area contributed by atoms with Crippen molar-refractivity contribution in [2.24, 2.45) is 5.92 Å². The van der Waals surface area contributed by atoms with E-state index in [9.17, 15) is 4.79 Å². The summed E-state index contributed by atoms with van der Waals surface area (Å²) >= 11 is 0. The highest BCUT2D eigenvalue weighted by Gasteiger charge is 2.26. The summed E-state index contributed by atoms with van der Waals surface area (Å²) < 4.78 is 7.69. The molecule has 0 atom stereocenters. The van der Waals surface area contributed by atoms with E-state index in [0.29, 0.717) is 5.78 Å². The molecule has 2 aromatic rings. The highest BCUT2D eigenvalue weighted by atomic mass is 16.5. The number of hydrogen-bond donors (Lipinski definition) is 0. The van der Waals surface area contributed by atoms with Gasteiger partial charge in [-0.15, -0.1) is 0 Å². The number of morpholine rings is 1. The molecule has 0 radical (unpaired) electrons. The number of aromatic nitrogens is 1. The zero-order valence-corrected chi connectivity index (χ0v) is 14.2. The Kier molecular flexibility index (Phi) is 4.67. The topological polar surface area (TPSA) is 34.5 Å². The fourth-order valence-corrected chi connectivity index (χ4v) is 4.11. The Balaban J connectivity index is 1.57. The Morgan fingerprint density at radius 3 is 2.62 bits per heavy atom. The van der Waals surface area contributed by atoms with Crippen LogP contribution in [0.4, 0.5) is 0 Å². The van der Waals surface area contributed by atoms with E-state index in [2.05, 4.69) is 33.9 Å². The van der Waals surface area contributed by atoms with Crippen molar-refractivity contribution in [3.05, 3.63) is 36.0 Å². The molecule has 2 heterocycles. The Morgan fingerprint density at radius 1 is 1.08 bits per heavy atom. The van der Waals surface area contributed by atoms with E-state index >= 15 is 0 Å². The van der Waals surface area contributed by atoms with Crippen LogP contribution >= 0.6 is 0 Å². The van der Waals surface area contributed by atoms with Gasteiger partial charge in [0.1, 0.15) is 0 Å². The van der Waals surface area contributed by atoms with Crippen LogP contribution in [0.1, 0.15) is 36.0 Å². The molecule has 0 bridgehead atoms. The van der Waals surface area contributed by atoms with Crippen LogP contribution in [0.3, 0.4) is 0 Å². The second-order valence-electron chi connectivity index (χ2n) is 7.05. The lowest BCUT2D eigenvalue weighted by Crippen LogP contribution is -2.38. The summed E-state index contributed by atoms with van der Waals surface area (Å²) in [4.78, 5) is 15.4. The Hall–Kier alpha value is -1.65. The maximum absolute atomic E-state index is 12.9. The van der Waals surface area contributed by atoms with Gasteiger partial charge in [-0.2, -0.15) is 0 Å². The minimum Gasteiger partial charge on any atom is -0.379 e. The number of rotatable bonds is 5. The molecular weight excluding hydrogens is 300 g/mol. The first-order valence-electron chi connectivity index (χ1n) is 9.25. The highest BCUT2D eigenvalue weighted by Crippen LogP contribution is 2.31. The molecule has 2 fully saturated rings. The molecular formula is C20H26N2O2. The lowest BCUT2D eigenvalue weighted by atomic mass is 9.96. The summed E-state index contributed by atoms with van der Waals surface area (Å²) in [6.45, 7) is 5.62. The zero-order valence-electron chi connectivity index (χ0n) is 14.2. The van der Waals surface area contributed by atoms with Crippen molar-refractivity contribution in [1.29, 1.82) is 0 Å². The summed E-state index contributed by atoms with van der Waals surface area (Å²) in [6, 6.07) is 8.35. The van der Waals surface area contributed by atoms with Gasteiger partial charge in [-0.3, -0.25) is 9.69 Å². The molecule has 24 heavy (non-hydrogen) atoms. The molecule has 1 aliphatic carbocycles. The van der Waals surface area contributed by atoms with Gasteiger partial charge in [-0.05, 0) is 18.9 Å². The fraction of sp³-hybridized carbons (Fsp3) is 0.550. The standard InChI is InChI=1S/C20H26N2O2/c23-20(16-5-1-2-6-16)18-15-22(19-8-4-3-7-17(18)19)10-9-21-11-13-24-14-12-21/h3-4,7-8,15-16H,1-2,5-6,9-14H2. The van der Waals surface area contributed by atoms with Crippen molar-refractivity contribution in [3.8, 4) is 0 Å². The number of ether oxygens (including phenoxy) is 1. The van der Waals surface area contributed by atoms with Gasteiger partial charge < -0.3 is 9.30 Å². The molecule has 0 spiro atoms. The smallest absolute Gasteiger partial charge is 0.168 e. The zero-order chi connectivity index (χ0) is 16.4. The summed E-state index contributed by atoms with van der Waals surface area (Å²) in [6.07, 6.45) is 6.63. The lowest BCUT2D eigenvalue weighted by molar-refractivity contribution is 0.0365. The normalized spacial score (nSPS) is 20.0. The molecule has 1 saturated carbocycles. The van der Waals surface area contributed by atoms with Crippen molar-refractivity contribution in [2.45, 2.75) is 32.2 Å². The largest absolute Gasteiger partial charge is 0.379 e. The number of Topliss-reactive ketones (excluding diaryl/α,β-unsaturated/α-hetero) is 1. The number of fused-ring (bicyclic) bond motifs is 1. The Bertz CT molecular complexity index is 709. The minimum atomic E-state index is 0.239. The molecule has 128 valence electrons. The van der Waals surface area contributed by atoms with Crippen LogP contribution in [-0.2, 0) is 11.3 Å². The number of ketones is 1. The first-order chi connectivity index (χ1) is 11.8. The first-order valence-corrected chi connectivity index (χ1v) is 9.25. The number of nitrogens with zero attached hydrogens (tertiary/aromatic N) is 2. The van der Waals surface area contributed by atoms with E-state index in [1.807, 2.05) is 6.07 Å². The summed E-state index contributed by atoms with van der Waals surface area (Å²) in [5, 5.41) is 1.12. The number of carbonyl (C=O) groups excluding carboxylic acids is 1. The van der Waals surface area contributed by atoms with Crippen LogP contribution in [0.5, 0.6) is 0 Å². The molecule has 1 aromatic heterocycles. The van der Waals surface area contributed by atoms with Crippen LogP contribution in [0.15, 0.2) is 30.5 Å². The van der Waals surface area contributed by atoms with E-state index in [-0.39, 0.29) is 5.92 Å². The lowest BCUT2D eigenvalue weighted by Gasteiger charge is -2.26. The van der Waals surface area contributed by atoms with Crippen LogP contribution in [-0.4, -0.2) is 48.1 Å². The van der Waals surface area contributed by atoms with Gasteiger partial charge in [0.25, 0.3) is 0 Å². The van der Waals surface area contributed by atoms with Gasteiger partial charge in [0.2, 0.25) is 0 Å². The van der Waals surface area contributed by atoms with E-state index in [1.54, 1.807) is 0 Å². The quantitative estimate of drug-likeness (QED) is 0.790. The van der Waals surface area contributed by atoms with Gasteiger partial charge in [0.15, 0.2) is 5.78 Å². The van der Waals surface area contributed by atoms with Crippen molar-refractivity contribution in [3.63, 3.8) is 0 Å². The van der Waals surface area contributed by atoms with Gasteiger partial charge in [0, 0.05) is 54.8 Å². The van der Waals surface area contributed by atoms with Crippen molar-refractivity contribution in [1.82, 2.24) is 9.47 Å². The molecule has 4 rings (SSSR count). The third-order valence-electron chi connectivity index (χ3n) is 5.54. The van der Waals surface area contributed by atoms with Crippen molar-refractivity contribution in [2.75, 3.05) is 32.8 Å². The average Bonchev–Trinajstić information content (AvgIpc) is 3.29. The van der Waals surface area contributed by atoms with Crippen LogP contribution < -0.4 is 0 Å². The summed E-state index contributed by atoms with van der Waals surface area (Å²) in [5.41, 5.74) is 2.12. The van der Waals surface area contributed by atoms with Crippen LogP contribution in [0, 0.1) is 5.92 Å². The fourth-order valence-electron chi connectivity index (χ4n) is 4.11. The van der Waals surface area contributed by atoms with Crippen molar-refractivity contribution >= 4 is 16.7 Å². The molecule has 4 nitrogen and oxygen atoms in total. The third kappa shape index (κ3) is 3.13. The molecule has 1 saturated heterocycles. The number of hydrogen-bond acceptors (Lipinski definition) is 3. The van der Waals surface area contributed by atoms with Crippen molar-refractivity contribution < 1.29 is 9.53 Å². The second-order valence-corrected chi connectivity index (χ2v) is 7.05. The molecule has 4 heteroatoms. The van der Waals surface area contributed by atoms with E-state index in [0.717, 1.165) is 63.2 Å².